The molecule has 3 rings (SSSR count). The molecular weight excluding hydrogens is 366 g/mol. The van der Waals surface area contributed by atoms with Crippen LogP contribution in [0.3, 0.4) is 0 Å². The largest absolute Gasteiger partial charge is 0.332 e. The summed E-state index contributed by atoms with van der Waals surface area (Å²) in [4.78, 5) is 0. The van der Waals surface area contributed by atoms with Crippen LogP contribution in [0.4, 0.5) is 20.3 Å². The first-order chi connectivity index (χ1) is 12.0. The van der Waals surface area contributed by atoms with E-state index >= 15 is 0 Å². The van der Waals surface area contributed by atoms with E-state index in [1.165, 1.54) is 24.3 Å². The smallest absolute Gasteiger partial charge is 0.176 e. The van der Waals surface area contributed by atoms with Crippen molar-refractivity contribution >= 4 is 40.4 Å². The average molecular weight is 379 g/mol. The van der Waals surface area contributed by atoms with E-state index in [1.54, 1.807) is 35.1 Å². The molecule has 4 nitrogen and oxygen atoms in total. The molecule has 0 amide bonds. The Morgan fingerprint density at radius 2 is 1.88 bits per heavy atom. The van der Waals surface area contributed by atoms with Gasteiger partial charge in [0.05, 0.1) is 11.6 Å². The molecule has 0 fully saturated rings. The van der Waals surface area contributed by atoms with Crippen LogP contribution in [0.15, 0.2) is 54.7 Å². The maximum atomic E-state index is 13.7. The molecule has 1 aromatic heterocycles. The summed E-state index contributed by atoms with van der Waals surface area (Å²) < 4.78 is 28.4. The van der Waals surface area contributed by atoms with E-state index in [1.807, 2.05) is 0 Å². The molecular formula is C17H13ClF2N4S. The SMILES string of the molecule is Fc1ccc(NC(=S)Nc2ccn(Cc3ccccc3F)n2)cc1Cl. The van der Waals surface area contributed by atoms with Crippen molar-refractivity contribution in [2.45, 2.75) is 6.54 Å². The van der Waals surface area contributed by atoms with Crippen molar-refractivity contribution < 1.29 is 8.78 Å². The number of rotatable bonds is 4. The van der Waals surface area contributed by atoms with Gasteiger partial charge in [-0.05, 0) is 36.5 Å². The molecule has 0 aliphatic carbocycles. The van der Waals surface area contributed by atoms with Crippen molar-refractivity contribution in [1.29, 1.82) is 0 Å². The normalized spacial score (nSPS) is 10.5. The molecule has 128 valence electrons. The van der Waals surface area contributed by atoms with Crippen LogP contribution >= 0.6 is 23.8 Å². The van der Waals surface area contributed by atoms with Gasteiger partial charge in [0.25, 0.3) is 0 Å². The fraction of sp³-hybridized carbons (Fsp3) is 0.0588. The van der Waals surface area contributed by atoms with E-state index in [0.29, 0.717) is 23.6 Å². The van der Waals surface area contributed by atoms with Gasteiger partial charge in [0.15, 0.2) is 10.9 Å². The van der Waals surface area contributed by atoms with Gasteiger partial charge in [0, 0.05) is 23.5 Å². The lowest BCUT2D eigenvalue weighted by Crippen LogP contribution is -2.19. The third-order valence-corrected chi connectivity index (χ3v) is 3.84. The number of nitrogens with one attached hydrogen (secondary N) is 2. The Morgan fingerprint density at radius 3 is 2.64 bits per heavy atom. The number of hydrogen-bond acceptors (Lipinski definition) is 2. The minimum Gasteiger partial charge on any atom is -0.332 e. The summed E-state index contributed by atoms with van der Waals surface area (Å²) in [7, 11) is 0. The Kier molecular flexibility index (Phi) is 5.25. The van der Waals surface area contributed by atoms with Crippen LogP contribution in [-0.2, 0) is 6.54 Å². The quantitative estimate of drug-likeness (QED) is 0.647. The summed E-state index contributed by atoms with van der Waals surface area (Å²) in [5.74, 6) is -0.280. The van der Waals surface area contributed by atoms with Gasteiger partial charge in [0.2, 0.25) is 0 Å². The fourth-order valence-electron chi connectivity index (χ4n) is 2.17. The van der Waals surface area contributed by atoms with Crippen LogP contribution in [0.25, 0.3) is 0 Å². The van der Waals surface area contributed by atoms with Crippen molar-refractivity contribution in [3.05, 3.63) is 76.9 Å². The molecule has 1 heterocycles. The summed E-state index contributed by atoms with van der Waals surface area (Å²) in [6.07, 6.45) is 1.71. The number of benzene rings is 2. The highest BCUT2D eigenvalue weighted by Crippen LogP contribution is 2.19. The summed E-state index contributed by atoms with van der Waals surface area (Å²) in [6.45, 7) is 0.308. The van der Waals surface area contributed by atoms with Gasteiger partial charge in [-0.25, -0.2) is 8.78 Å². The molecule has 0 saturated heterocycles. The standard InChI is InChI=1S/C17H13ClF2N4S/c18-13-9-12(5-6-15(13)20)21-17(25)22-16-7-8-24(23-16)10-11-3-1-2-4-14(11)19/h1-9H,10H2,(H2,21,22,23,25). The molecule has 0 spiro atoms. The molecule has 3 aromatic rings. The summed E-state index contributed by atoms with van der Waals surface area (Å²) in [5, 5.41) is 10.4. The minimum absolute atomic E-state index is 0.00182. The van der Waals surface area contributed by atoms with Gasteiger partial charge in [-0.3, -0.25) is 4.68 Å². The third-order valence-electron chi connectivity index (χ3n) is 3.35. The van der Waals surface area contributed by atoms with Crippen molar-refractivity contribution in [2.24, 2.45) is 0 Å². The van der Waals surface area contributed by atoms with Gasteiger partial charge in [-0.2, -0.15) is 5.10 Å². The van der Waals surface area contributed by atoms with Crippen molar-refractivity contribution in [3.63, 3.8) is 0 Å². The van der Waals surface area contributed by atoms with E-state index < -0.39 is 5.82 Å². The molecule has 0 atom stereocenters. The summed E-state index contributed by atoms with van der Waals surface area (Å²) >= 11 is 10.9. The van der Waals surface area contributed by atoms with Crippen LogP contribution < -0.4 is 10.6 Å². The lowest BCUT2D eigenvalue weighted by Gasteiger charge is -2.09. The van der Waals surface area contributed by atoms with Gasteiger partial charge >= 0.3 is 0 Å². The molecule has 2 N–H and O–H groups in total. The van der Waals surface area contributed by atoms with Gasteiger partial charge in [-0.15, -0.1) is 0 Å². The average Bonchev–Trinajstić information content (AvgIpc) is 3.00. The second-order valence-electron chi connectivity index (χ2n) is 5.20. The fourth-order valence-corrected chi connectivity index (χ4v) is 2.57. The number of anilines is 2. The first-order valence-electron chi connectivity index (χ1n) is 7.31. The van der Waals surface area contributed by atoms with E-state index in [4.69, 9.17) is 23.8 Å². The van der Waals surface area contributed by atoms with E-state index in [-0.39, 0.29) is 16.0 Å². The maximum Gasteiger partial charge on any atom is 0.176 e. The predicted molar refractivity (Wildman–Crippen MR) is 99.0 cm³/mol. The Bertz CT molecular complexity index is 913. The van der Waals surface area contributed by atoms with Crippen LogP contribution in [0.1, 0.15) is 5.56 Å². The van der Waals surface area contributed by atoms with Crippen molar-refractivity contribution in [2.75, 3.05) is 10.6 Å². The van der Waals surface area contributed by atoms with Crippen LogP contribution in [0.2, 0.25) is 5.02 Å². The highest BCUT2D eigenvalue weighted by Gasteiger charge is 2.06. The number of halogens is 3. The summed E-state index contributed by atoms with van der Waals surface area (Å²) in [5.41, 5.74) is 1.09. The lowest BCUT2D eigenvalue weighted by atomic mass is 10.2. The van der Waals surface area contributed by atoms with Crippen LogP contribution in [-0.4, -0.2) is 14.9 Å². The Morgan fingerprint density at radius 1 is 1.08 bits per heavy atom. The first kappa shape index (κ1) is 17.3. The molecule has 2 aromatic carbocycles. The van der Waals surface area contributed by atoms with E-state index in [9.17, 15) is 8.78 Å². The third kappa shape index (κ3) is 4.52. The zero-order valence-electron chi connectivity index (χ0n) is 12.8. The maximum absolute atomic E-state index is 13.7. The van der Waals surface area contributed by atoms with Crippen LogP contribution in [0.5, 0.6) is 0 Å². The van der Waals surface area contributed by atoms with Crippen molar-refractivity contribution in [3.8, 4) is 0 Å². The molecule has 0 unspecified atom stereocenters. The Hall–Kier alpha value is -2.51. The topological polar surface area (TPSA) is 41.9 Å². The van der Waals surface area contributed by atoms with E-state index in [0.717, 1.165) is 0 Å². The second-order valence-corrected chi connectivity index (χ2v) is 6.01. The predicted octanol–water partition coefficient (Wildman–Crippen LogP) is 4.67. The van der Waals surface area contributed by atoms with Crippen molar-refractivity contribution in [1.82, 2.24) is 9.78 Å². The second kappa shape index (κ2) is 7.58. The lowest BCUT2D eigenvalue weighted by molar-refractivity contribution is 0.586. The Balaban J connectivity index is 1.61. The number of nitrogens with zero attached hydrogens (tertiary/aromatic N) is 2. The zero-order chi connectivity index (χ0) is 17.8. The van der Waals surface area contributed by atoms with Gasteiger partial charge < -0.3 is 10.6 Å². The molecule has 25 heavy (non-hydrogen) atoms. The monoisotopic (exact) mass is 378 g/mol. The number of hydrogen-bond donors (Lipinski definition) is 2. The zero-order valence-corrected chi connectivity index (χ0v) is 14.4. The molecule has 0 radical (unpaired) electrons. The molecule has 0 aliphatic heterocycles. The van der Waals surface area contributed by atoms with Crippen LogP contribution in [0, 0.1) is 11.6 Å². The minimum atomic E-state index is -0.502. The molecule has 8 heteroatoms. The number of thiocarbonyl (C=S) groups is 1. The Labute approximate surface area is 153 Å². The molecule has 0 bridgehead atoms. The highest BCUT2D eigenvalue weighted by atomic mass is 35.5. The van der Waals surface area contributed by atoms with E-state index in [2.05, 4.69) is 15.7 Å². The first-order valence-corrected chi connectivity index (χ1v) is 8.10. The highest BCUT2D eigenvalue weighted by molar-refractivity contribution is 7.80. The van der Waals surface area contributed by atoms with Gasteiger partial charge in [-0.1, -0.05) is 29.8 Å². The summed E-state index contributed by atoms with van der Waals surface area (Å²) in [6, 6.07) is 12.4. The molecule has 0 aliphatic rings. The number of aromatic nitrogens is 2. The molecule has 0 saturated carbocycles. The van der Waals surface area contributed by atoms with Gasteiger partial charge in [0.1, 0.15) is 11.6 Å².